The molecule has 0 spiro atoms. The maximum Gasteiger partial charge on any atom is 0.175 e. The van der Waals surface area contributed by atoms with Crippen LogP contribution in [0.25, 0.3) is 5.69 Å². The van der Waals surface area contributed by atoms with Gasteiger partial charge in [0.2, 0.25) is 0 Å². The van der Waals surface area contributed by atoms with Crippen LogP contribution in [0.5, 0.6) is 0 Å². The highest BCUT2D eigenvalue weighted by atomic mass is 35.5. The van der Waals surface area contributed by atoms with Crippen molar-refractivity contribution in [2.24, 2.45) is 0 Å². The zero-order valence-electron chi connectivity index (χ0n) is 12.9. The van der Waals surface area contributed by atoms with Crippen molar-refractivity contribution in [3.8, 4) is 5.69 Å². The maximum atomic E-state index is 13.4. The highest BCUT2D eigenvalue weighted by Gasteiger charge is 2.17. The Labute approximate surface area is 149 Å². The molecular formula is C17H14ClFN4S. The Morgan fingerprint density at radius 2 is 2.04 bits per heavy atom. The van der Waals surface area contributed by atoms with E-state index in [0.717, 1.165) is 11.8 Å². The second-order valence-corrected chi connectivity index (χ2v) is 6.15. The summed E-state index contributed by atoms with van der Waals surface area (Å²) in [6.07, 6.45) is 4.37. The maximum absolute atomic E-state index is 13.4. The van der Waals surface area contributed by atoms with Crippen molar-refractivity contribution in [1.29, 1.82) is 0 Å². The SMILES string of the molecule is CC(=S)N(Cc1ccccc1)c1cn(-c2cncc(F)c2)nc1Cl. The van der Waals surface area contributed by atoms with E-state index in [2.05, 4.69) is 10.1 Å². The second-order valence-electron chi connectivity index (χ2n) is 5.20. The van der Waals surface area contributed by atoms with Crippen LogP contribution in [0.3, 0.4) is 0 Å². The molecule has 24 heavy (non-hydrogen) atoms. The molecule has 1 aromatic carbocycles. The first-order valence-electron chi connectivity index (χ1n) is 7.22. The molecule has 4 nitrogen and oxygen atoms in total. The van der Waals surface area contributed by atoms with E-state index in [0.29, 0.717) is 28.1 Å². The van der Waals surface area contributed by atoms with Crippen molar-refractivity contribution < 1.29 is 4.39 Å². The topological polar surface area (TPSA) is 34.0 Å². The fourth-order valence-corrected chi connectivity index (χ4v) is 2.71. The molecule has 0 saturated heterocycles. The van der Waals surface area contributed by atoms with Crippen LogP contribution in [-0.2, 0) is 6.54 Å². The minimum Gasteiger partial charge on any atom is -0.328 e. The van der Waals surface area contributed by atoms with Gasteiger partial charge >= 0.3 is 0 Å². The van der Waals surface area contributed by atoms with Gasteiger partial charge in [0.25, 0.3) is 0 Å². The van der Waals surface area contributed by atoms with E-state index in [9.17, 15) is 4.39 Å². The van der Waals surface area contributed by atoms with Gasteiger partial charge in [-0.2, -0.15) is 5.10 Å². The molecule has 122 valence electrons. The van der Waals surface area contributed by atoms with Gasteiger partial charge in [-0.05, 0) is 12.5 Å². The molecule has 0 atom stereocenters. The fraction of sp³-hybridized carbons (Fsp3) is 0.118. The number of thiocarbonyl (C=S) groups is 1. The normalized spacial score (nSPS) is 10.6. The first kappa shape index (κ1) is 16.5. The predicted octanol–water partition coefficient (Wildman–Crippen LogP) is 4.41. The highest BCUT2D eigenvalue weighted by molar-refractivity contribution is 7.80. The number of nitrogens with zero attached hydrogens (tertiary/aromatic N) is 4. The molecule has 0 radical (unpaired) electrons. The van der Waals surface area contributed by atoms with Crippen molar-refractivity contribution in [3.63, 3.8) is 0 Å². The summed E-state index contributed by atoms with van der Waals surface area (Å²) in [4.78, 5) is 6.39. The largest absolute Gasteiger partial charge is 0.328 e. The lowest BCUT2D eigenvalue weighted by Gasteiger charge is -2.22. The molecule has 0 N–H and O–H groups in total. The van der Waals surface area contributed by atoms with E-state index < -0.39 is 5.82 Å². The van der Waals surface area contributed by atoms with Gasteiger partial charge in [-0.1, -0.05) is 54.2 Å². The van der Waals surface area contributed by atoms with Crippen LogP contribution in [0.15, 0.2) is 55.0 Å². The molecule has 0 aliphatic rings. The Kier molecular flexibility index (Phi) is 4.87. The lowest BCUT2D eigenvalue weighted by molar-refractivity contribution is 0.618. The van der Waals surface area contributed by atoms with E-state index in [-0.39, 0.29) is 0 Å². The number of aromatic nitrogens is 3. The molecule has 0 aliphatic heterocycles. The van der Waals surface area contributed by atoms with Gasteiger partial charge in [-0.3, -0.25) is 4.98 Å². The molecule has 7 heteroatoms. The van der Waals surface area contributed by atoms with Crippen molar-refractivity contribution in [3.05, 3.63) is 71.5 Å². The summed E-state index contributed by atoms with van der Waals surface area (Å²) in [5.41, 5.74) is 2.25. The minimum atomic E-state index is -0.437. The third-order valence-electron chi connectivity index (χ3n) is 3.46. The monoisotopic (exact) mass is 360 g/mol. The number of hydrogen-bond acceptors (Lipinski definition) is 3. The number of benzene rings is 1. The van der Waals surface area contributed by atoms with Crippen LogP contribution >= 0.6 is 23.8 Å². The molecular weight excluding hydrogens is 347 g/mol. The summed E-state index contributed by atoms with van der Waals surface area (Å²) >= 11 is 11.7. The number of halogens is 2. The average molecular weight is 361 g/mol. The first-order valence-corrected chi connectivity index (χ1v) is 8.01. The zero-order valence-corrected chi connectivity index (χ0v) is 14.4. The second kappa shape index (κ2) is 7.07. The Hall–Kier alpha value is -2.31. The third kappa shape index (κ3) is 3.60. The van der Waals surface area contributed by atoms with Crippen molar-refractivity contribution in [2.75, 3.05) is 4.90 Å². The summed E-state index contributed by atoms with van der Waals surface area (Å²) in [5.74, 6) is -0.437. The van der Waals surface area contributed by atoms with Gasteiger partial charge in [0.1, 0.15) is 11.5 Å². The lowest BCUT2D eigenvalue weighted by Crippen LogP contribution is -2.26. The quantitative estimate of drug-likeness (QED) is 0.645. The van der Waals surface area contributed by atoms with E-state index >= 15 is 0 Å². The van der Waals surface area contributed by atoms with Crippen molar-refractivity contribution >= 4 is 34.5 Å². The highest BCUT2D eigenvalue weighted by Crippen LogP contribution is 2.28. The molecule has 2 aromatic heterocycles. The van der Waals surface area contributed by atoms with Crippen LogP contribution in [0.2, 0.25) is 5.15 Å². The van der Waals surface area contributed by atoms with E-state index in [1.54, 1.807) is 6.20 Å². The standard InChI is InChI=1S/C17H14ClFN4S/c1-12(24)22(10-13-5-3-2-4-6-13)16-11-23(21-17(16)18)15-7-14(19)8-20-9-15/h2-9,11H,10H2,1H3. The summed E-state index contributed by atoms with van der Waals surface area (Å²) in [7, 11) is 0. The van der Waals surface area contributed by atoms with E-state index in [4.69, 9.17) is 23.8 Å². The van der Waals surface area contributed by atoms with Crippen LogP contribution in [0.4, 0.5) is 10.1 Å². The van der Waals surface area contributed by atoms with E-state index in [1.807, 2.05) is 42.2 Å². The Morgan fingerprint density at radius 3 is 2.71 bits per heavy atom. The molecule has 2 heterocycles. The molecule has 0 aliphatic carbocycles. The summed E-state index contributed by atoms with van der Waals surface area (Å²) in [6, 6.07) is 11.3. The van der Waals surface area contributed by atoms with Gasteiger partial charge in [-0.25, -0.2) is 9.07 Å². The van der Waals surface area contributed by atoms with E-state index in [1.165, 1.54) is 16.9 Å². The van der Waals surface area contributed by atoms with Crippen LogP contribution in [0.1, 0.15) is 12.5 Å². The molecule has 0 saturated carbocycles. The molecule has 3 rings (SSSR count). The smallest absolute Gasteiger partial charge is 0.175 e. The molecule has 3 aromatic rings. The zero-order chi connectivity index (χ0) is 17.1. The Balaban J connectivity index is 1.96. The van der Waals surface area contributed by atoms with Crippen molar-refractivity contribution in [1.82, 2.24) is 14.8 Å². The Bertz CT molecular complexity index is 866. The summed E-state index contributed by atoms with van der Waals surface area (Å²) < 4.78 is 14.9. The van der Waals surface area contributed by atoms with Crippen LogP contribution < -0.4 is 4.90 Å². The van der Waals surface area contributed by atoms with Gasteiger partial charge in [0.15, 0.2) is 5.15 Å². The number of rotatable bonds is 4. The Morgan fingerprint density at radius 1 is 1.29 bits per heavy atom. The van der Waals surface area contributed by atoms with Gasteiger partial charge < -0.3 is 4.90 Å². The van der Waals surface area contributed by atoms with Crippen LogP contribution in [-0.4, -0.2) is 19.8 Å². The lowest BCUT2D eigenvalue weighted by atomic mass is 10.2. The molecule has 0 fully saturated rings. The summed E-state index contributed by atoms with van der Waals surface area (Å²) in [5, 5.41) is 4.53. The fourth-order valence-electron chi connectivity index (χ4n) is 2.32. The predicted molar refractivity (Wildman–Crippen MR) is 97.2 cm³/mol. The molecule has 0 unspecified atom stereocenters. The third-order valence-corrected chi connectivity index (χ3v) is 3.95. The number of pyridine rings is 1. The van der Waals surface area contributed by atoms with Gasteiger partial charge in [0.05, 0.1) is 29.3 Å². The van der Waals surface area contributed by atoms with Gasteiger partial charge in [0, 0.05) is 12.6 Å². The van der Waals surface area contributed by atoms with Crippen LogP contribution in [0, 0.1) is 5.82 Å². The number of anilines is 1. The first-order chi connectivity index (χ1) is 11.5. The molecule has 0 bridgehead atoms. The minimum absolute atomic E-state index is 0.291. The average Bonchev–Trinajstić information content (AvgIpc) is 2.95. The van der Waals surface area contributed by atoms with Crippen molar-refractivity contribution in [2.45, 2.75) is 13.5 Å². The summed E-state index contributed by atoms with van der Waals surface area (Å²) in [6.45, 7) is 2.40. The van der Waals surface area contributed by atoms with Gasteiger partial charge in [-0.15, -0.1) is 0 Å². The number of hydrogen-bond donors (Lipinski definition) is 0. The molecule has 0 amide bonds.